The van der Waals surface area contributed by atoms with E-state index in [2.05, 4.69) is 9.72 Å². The summed E-state index contributed by atoms with van der Waals surface area (Å²) in [6.07, 6.45) is -1.85. The molecular weight excluding hydrogens is 222 g/mol. The Kier molecular flexibility index (Phi) is 3.73. The molecule has 0 atom stereocenters. The number of pyridine rings is 1. The minimum atomic E-state index is -2.94. The smallest absolute Gasteiger partial charge is 0.341 e. The number of methoxy groups -OCH3 is 1. The highest BCUT2D eigenvalue weighted by Gasteiger charge is 2.26. The Labute approximate surface area is 89.9 Å². The van der Waals surface area contributed by atoms with Gasteiger partial charge in [-0.15, -0.1) is 0 Å². The fraction of sp³-hybridized carbons (Fsp3) is 0.333. The molecule has 88 valence electrons. The first-order valence-corrected chi connectivity index (χ1v) is 4.30. The van der Waals surface area contributed by atoms with E-state index in [0.29, 0.717) is 0 Å². The van der Waals surface area contributed by atoms with Crippen LogP contribution in [0.3, 0.4) is 0 Å². The van der Waals surface area contributed by atoms with Crippen molar-refractivity contribution in [1.29, 1.82) is 0 Å². The van der Waals surface area contributed by atoms with Gasteiger partial charge in [-0.2, -0.15) is 0 Å². The molecule has 16 heavy (non-hydrogen) atoms. The van der Waals surface area contributed by atoms with E-state index in [1.165, 1.54) is 0 Å². The number of nitrogens with zero attached hydrogens (tertiary/aromatic N) is 1. The van der Waals surface area contributed by atoms with E-state index in [0.717, 1.165) is 13.3 Å². The van der Waals surface area contributed by atoms with Gasteiger partial charge in [-0.25, -0.2) is 18.6 Å². The van der Waals surface area contributed by atoms with E-state index >= 15 is 0 Å². The average molecular weight is 232 g/mol. The molecule has 0 spiro atoms. The molecule has 1 rings (SSSR count). The minimum Gasteiger partial charge on any atom is -0.480 e. The van der Waals surface area contributed by atoms with E-state index in [-0.39, 0.29) is 18.0 Å². The molecule has 0 aliphatic rings. The average Bonchev–Trinajstić information content (AvgIpc) is 2.26. The highest BCUT2D eigenvalue weighted by molar-refractivity contribution is 5.92. The van der Waals surface area contributed by atoms with Gasteiger partial charge in [0, 0.05) is 18.3 Å². The van der Waals surface area contributed by atoms with Crippen molar-refractivity contribution in [3.05, 3.63) is 22.9 Å². The third kappa shape index (κ3) is 2.08. The van der Waals surface area contributed by atoms with Crippen molar-refractivity contribution in [2.24, 2.45) is 5.73 Å². The van der Waals surface area contributed by atoms with Crippen LogP contribution >= 0.6 is 0 Å². The number of halogens is 2. The fourth-order valence-electron chi connectivity index (χ4n) is 1.32. The molecule has 0 saturated heterocycles. The minimum absolute atomic E-state index is 0.00630. The van der Waals surface area contributed by atoms with Gasteiger partial charge in [0.2, 0.25) is 5.88 Å². The number of hydrogen-bond donors (Lipinski definition) is 2. The van der Waals surface area contributed by atoms with E-state index in [1.807, 2.05) is 0 Å². The van der Waals surface area contributed by atoms with E-state index < -0.39 is 23.5 Å². The van der Waals surface area contributed by atoms with Crippen LogP contribution in [0.15, 0.2) is 6.20 Å². The second kappa shape index (κ2) is 4.84. The molecule has 0 unspecified atom stereocenters. The molecule has 0 amide bonds. The van der Waals surface area contributed by atoms with Crippen LogP contribution in [0.2, 0.25) is 0 Å². The number of carbonyl (C=O) groups is 1. The van der Waals surface area contributed by atoms with Crippen LogP contribution in [0.5, 0.6) is 5.88 Å². The SMILES string of the molecule is COc1ncc(CN)c(C(F)F)c1C(=O)O. The second-order valence-corrected chi connectivity index (χ2v) is 2.89. The van der Waals surface area contributed by atoms with Crippen LogP contribution in [0.4, 0.5) is 8.78 Å². The first kappa shape index (κ1) is 12.3. The standard InChI is InChI=1S/C9H10F2N2O3/c1-16-8-6(9(14)15)5(7(10)11)4(2-12)3-13-8/h3,7H,2,12H2,1H3,(H,14,15). The summed E-state index contributed by atoms with van der Waals surface area (Å²) >= 11 is 0. The first-order valence-electron chi connectivity index (χ1n) is 4.30. The number of nitrogens with two attached hydrogens (primary N) is 1. The van der Waals surface area contributed by atoms with Gasteiger partial charge in [-0.05, 0) is 5.56 Å². The topological polar surface area (TPSA) is 85.4 Å². The lowest BCUT2D eigenvalue weighted by Gasteiger charge is -2.12. The lowest BCUT2D eigenvalue weighted by Crippen LogP contribution is -2.12. The summed E-state index contributed by atoms with van der Waals surface area (Å²) in [5.74, 6) is -1.87. The Morgan fingerprint density at radius 3 is 2.69 bits per heavy atom. The maximum atomic E-state index is 12.7. The van der Waals surface area contributed by atoms with Gasteiger partial charge in [0.25, 0.3) is 6.43 Å². The van der Waals surface area contributed by atoms with Crippen molar-refractivity contribution in [1.82, 2.24) is 4.98 Å². The van der Waals surface area contributed by atoms with Crippen molar-refractivity contribution in [2.75, 3.05) is 7.11 Å². The molecule has 0 aliphatic carbocycles. The molecule has 1 heterocycles. The van der Waals surface area contributed by atoms with Gasteiger partial charge in [-0.3, -0.25) is 0 Å². The number of alkyl halides is 2. The Morgan fingerprint density at radius 2 is 2.31 bits per heavy atom. The molecule has 0 radical (unpaired) electrons. The zero-order valence-corrected chi connectivity index (χ0v) is 8.41. The summed E-state index contributed by atoms with van der Waals surface area (Å²) < 4.78 is 30.1. The third-order valence-corrected chi connectivity index (χ3v) is 2.01. The lowest BCUT2D eigenvalue weighted by atomic mass is 10.0. The van der Waals surface area contributed by atoms with Crippen LogP contribution in [0.25, 0.3) is 0 Å². The number of carboxylic acid groups (broad SMARTS) is 1. The Hall–Kier alpha value is -1.76. The Morgan fingerprint density at radius 1 is 1.69 bits per heavy atom. The second-order valence-electron chi connectivity index (χ2n) is 2.89. The largest absolute Gasteiger partial charge is 0.480 e. The molecule has 0 aromatic carbocycles. The van der Waals surface area contributed by atoms with Gasteiger partial charge < -0.3 is 15.6 Å². The molecule has 0 fully saturated rings. The van der Waals surface area contributed by atoms with Crippen molar-refractivity contribution >= 4 is 5.97 Å². The molecule has 0 aliphatic heterocycles. The zero-order valence-electron chi connectivity index (χ0n) is 8.41. The number of hydrogen-bond acceptors (Lipinski definition) is 4. The molecular formula is C9H10F2N2O3. The summed E-state index contributed by atoms with van der Waals surface area (Å²) in [6.45, 7) is -0.211. The Balaban J connectivity index is 3.53. The van der Waals surface area contributed by atoms with Crippen LogP contribution in [0, 0.1) is 0 Å². The first-order chi connectivity index (χ1) is 7.52. The number of aromatic carboxylic acids is 1. The van der Waals surface area contributed by atoms with Crippen molar-refractivity contribution < 1.29 is 23.4 Å². The summed E-state index contributed by atoms with van der Waals surface area (Å²) in [4.78, 5) is 14.5. The van der Waals surface area contributed by atoms with E-state index in [1.54, 1.807) is 0 Å². The van der Waals surface area contributed by atoms with Crippen LogP contribution < -0.4 is 10.5 Å². The zero-order chi connectivity index (χ0) is 12.3. The molecule has 0 saturated carbocycles. The highest BCUT2D eigenvalue weighted by Crippen LogP contribution is 2.31. The van der Waals surface area contributed by atoms with Gasteiger partial charge in [0.05, 0.1) is 7.11 Å². The maximum absolute atomic E-state index is 12.7. The van der Waals surface area contributed by atoms with Gasteiger partial charge in [0.1, 0.15) is 5.56 Å². The third-order valence-electron chi connectivity index (χ3n) is 2.01. The molecule has 7 heteroatoms. The number of ether oxygens (including phenoxy) is 1. The highest BCUT2D eigenvalue weighted by atomic mass is 19.3. The number of carboxylic acids is 1. The van der Waals surface area contributed by atoms with Crippen LogP contribution in [0.1, 0.15) is 27.9 Å². The molecule has 0 bridgehead atoms. The number of rotatable bonds is 4. The quantitative estimate of drug-likeness (QED) is 0.814. The predicted octanol–water partition coefficient (Wildman–Crippen LogP) is 1.18. The Bertz CT molecular complexity index is 410. The molecule has 5 nitrogen and oxygen atoms in total. The van der Waals surface area contributed by atoms with Crippen LogP contribution in [-0.4, -0.2) is 23.2 Å². The normalized spacial score (nSPS) is 10.6. The molecule has 1 aromatic heterocycles. The number of aromatic nitrogens is 1. The monoisotopic (exact) mass is 232 g/mol. The van der Waals surface area contributed by atoms with Crippen molar-refractivity contribution in [3.63, 3.8) is 0 Å². The van der Waals surface area contributed by atoms with Crippen molar-refractivity contribution in [2.45, 2.75) is 13.0 Å². The summed E-state index contributed by atoms with van der Waals surface area (Å²) in [5.41, 5.74) is 3.96. The van der Waals surface area contributed by atoms with E-state index in [9.17, 15) is 13.6 Å². The maximum Gasteiger partial charge on any atom is 0.341 e. The summed E-state index contributed by atoms with van der Waals surface area (Å²) in [5, 5.41) is 8.85. The van der Waals surface area contributed by atoms with Gasteiger partial charge >= 0.3 is 5.97 Å². The lowest BCUT2D eigenvalue weighted by molar-refractivity contribution is 0.0678. The predicted molar refractivity (Wildman–Crippen MR) is 50.6 cm³/mol. The van der Waals surface area contributed by atoms with Crippen LogP contribution in [-0.2, 0) is 6.54 Å². The summed E-state index contributed by atoms with van der Waals surface area (Å²) in [6, 6.07) is 0. The van der Waals surface area contributed by atoms with Gasteiger partial charge in [-0.1, -0.05) is 0 Å². The van der Waals surface area contributed by atoms with E-state index in [4.69, 9.17) is 10.8 Å². The molecule has 3 N–H and O–H groups in total. The van der Waals surface area contributed by atoms with Crippen molar-refractivity contribution in [3.8, 4) is 5.88 Å². The fourth-order valence-corrected chi connectivity index (χ4v) is 1.32. The summed E-state index contributed by atoms with van der Waals surface area (Å²) in [7, 11) is 1.16. The molecule has 1 aromatic rings. The van der Waals surface area contributed by atoms with Gasteiger partial charge in [0.15, 0.2) is 0 Å².